The van der Waals surface area contributed by atoms with Gasteiger partial charge in [0.15, 0.2) is 0 Å². The quantitative estimate of drug-likeness (QED) is 0.322. The van der Waals surface area contributed by atoms with Gasteiger partial charge in [-0.3, -0.25) is 14.4 Å². The van der Waals surface area contributed by atoms with Crippen LogP contribution in [0.4, 0.5) is 0 Å². The zero-order valence-corrected chi connectivity index (χ0v) is 14.4. The Morgan fingerprint density at radius 1 is 1.04 bits per heavy atom. The first kappa shape index (κ1) is 24.7. The summed E-state index contributed by atoms with van der Waals surface area (Å²) in [5.74, 6) is -2.87. The molecule has 0 bridgehead atoms. The standard InChI is InChI=1S/C6H9N3O2.C5H11NO2.C3H7NO2/c7-5(6(10)11)1-4-2-8-3-9-4;1-3(2)4(6)5(7)8;1-2(4)3(5)6/h2-3,5H,1,7H2,(H,8,9)(H,10,11);3-4H,6H2,1-2H3,(H,7,8);2H,4H2,1H3,(H,5,6)/t5-;4-;2-/m000/s1. The van der Waals surface area contributed by atoms with E-state index in [2.05, 4.69) is 9.97 Å². The molecule has 0 aromatic carbocycles. The molecule has 0 aliphatic heterocycles. The summed E-state index contributed by atoms with van der Waals surface area (Å²) in [5.41, 5.74) is 16.0. The van der Waals surface area contributed by atoms with Crippen molar-refractivity contribution in [1.82, 2.24) is 9.97 Å². The molecule has 1 aromatic heterocycles. The average Bonchev–Trinajstić information content (AvgIpc) is 3.00. The Hall–Kier alpha value is -2.50. The zero-order chi connectivity index (χ0) is 20.2. The van der Waals surface area contributed by atoms with E-state index in [0.717, 1.165) is 5.69 Å². The Labute approximate surface area is 145 Å². The molecule has 0 fully saturated rings. The lowest BCUT2D eigenvalue weighted by atomic mass is 10.1. The van der Waals surface area contributed by atoms with E-state index < -0.39 is 36.0 Å². The van der Waals surface area contributed by atoms with Gasteiger partial charge in [-0.25, -0.2) is 4.98 Å². The van der Waals surface area contributed by atoms with Crippen LogP contribution in [0.15, 0.2) is 12.5 Å². The Balaban J connectivity index is 0. The molecule has 1 heterocycles. The minimum atomic E-state index is -1.00. The van der Waals surface area contributed by atoms with E-state index in [1.165, 1.54) is 13.3 Å². The fourth-order valence-electron chi connectivity index (χ4n) is 1.01. The van der Waals surface area contributed by atoms with Crippen molar-refractivity contribution >= 4 is 17.9 Å². The largest absolute Gasteiger partial charge is 0.480 e. The van der Waals surface area contributed by atoms with Crippen LogP contribution in [0.2, 0.25) is 0 Å². The van der Waals surface area contributed by atoms with Gasteiger partial charge in [-0.2, -0.15) is 0 Å². The van der Waals surface area contributed by atoms with Crippen LogP contribution in [0, 0.1) is 5.92 Å². The lowest BCUT2D eigenvalue weighted by Crippen LogP contribution is -2.34. The van der Waals surface area contributed by atoms with Gasteiger partial charge in [0.1, 0.15) is 18.1 Å². The number of nitrogens with zero attached hydrogens (tertiary/aromatic N) is 1. The molecule has 0 unspecified atom stereocenters. The normalized spacial score (nSPS) is 13.4. The van der Waals surface area contributed by atoms with Crippen molar-refractivity contribution in [2.75, 3.05) is 0 Å². The number of carbonyl (C=O) groups is 3. The summed E-state index contributed by atoms with van der Waals surface area (Å²) in [6.07, 6.45) is 3.34. The maximum atomic E-state index is 10.3. The second-order valence-corrected chi connectivity index (χ2v) is 5.46. The highest BCUT2D eigenvalue weighted by molar-refractivity contribution is 5.73. The topological polar surface area (TPSA) is 219 Å². The maximum Gasteiger partial charge on any atom is 0.320 e. The molecule has 0 amide bonds. The summed E-state index contributed by atoms with van der Waals surface area (Å²) in [4.78, 5) is 36.4. The fourth-order valence-corrected chi connectivity index (χ4v) is 1.01. The number of carboxylic acid groups (broad SMARTS) is 3. The summed E-state index contributed by atoms with van der Waals surface area (Å²) in [6.45, 7) is 4.97. The molecule has 1 aromatic rings. The highest BCUT2D eigenvalue weighted by Crippen LogP contribution is 1.96. The summed E-state index contributed by atoms with van der Waals surface area (Å²) in [6, 6.07) is -2.30. The van der Waals surface area contributed by atoms with E-state index in [1.807, 2.05) is 0 Å². The van der Waals surface area contributed by atoms with Crippen LogP contribution in [-0.2, 0) is 20.8 Å². The predicted molar refractivity (Wildman–Crippen MR) is 89.6 cm³/mol. The van der Waals surface area contributed by atoms with Crippen LogP contribution >= 0.6 is 0 Å². The van der Waals surface area contributed by atoms with Gasteiger partial charge in [0.25, 0.3) is 0 Å². The van der Waals surface area contributed by atoms with Gasteiger partial charge in [0, 0.05) is 18.3 Å². The highest BCUT2D eigenvalue weighted by atomic mass is 16.4. The zero-order valence-electron chi connectivity index (χ0n) is 14.4. The van der Waals surface area contributed by atoms with E-state index in [9.17, 15) is 14.4 Å². The molecule has 0 saturated heterocycles. The number of rotatable bonds is 6. The Morgan fingerprint density at radius 2 is 1.52 bits per heavy atom. The smallest absolute Gasteiger partial charge is 0.320 e. The summed E-state index contributed by atoms with van der Waals surface area (Å²) in [7, 11) is 0. The third-order valence-electron chi connectivity index (χ3n) is 2.70. The molecule has 0 aliphatic carbocycles. The van der Waals surface area contributed by atoms with Crippen LogP contribution in [0.25, 0.3) is 0 Å². The van der Waals surface area contributed by atoms with Crippen molar-refractivity contribution in [2.24, 2.45) is 23.1 Å². The molecule has 1 rings (SSSR count). The third kappa shape index (κ3) is 13.6. The van der Waals surface area contributed by atoms with Gasteiger partial charge in [-0.15, -0.1) is 0 Å². The SMILES string of the molecule is CC(C)[C@H](N)C(=O)O.C[C@H](N)C(=O)O.N[C@@H](Cc1cnc[nH]1)C(=O)O. The third-order valence-corrected chi connectivity index (χ3v) is 2.70. The number of H-pyrrole nitrogens is 1. The molecule has 0 saturated carbocycles. The number of imidazole rings is 1. The van der Waals surface area contributed by atoms with Crippen LogP contribution < -0.4 is 17.2 Å². The first-order valence-corrected chi connectivity index (χ1v) is 7.32. The molecule has 0 aliphatic rings. The first-order chi connectivity index (χ1) is 11.4. The molecule has 25 heavy (non-hydrogen) atoms. The number of aromatic amines is 1. The molecule has 3 atom stereocenters. The van der Waals surface area contributed by atoms with E-state index in [4.69, 9.17) is 32.5 Å². The first-order valence-electron chi connectivity index (χ1n) is 7.32. The number of nitrogens with one attached hydrogen (secondary N) is 1. The van der Waals surface area contributed by atoms with Crippen molar-refractivity contribution in [3.8, 4) is 0 Å². The summed E-state index contributed by atoms with van der Waals surface area (Å²) in [5, 5.41) is 24.5. The van der Waals surface area contributed by atoms with E-state index >= 15 is 0 Å². The lowest BCUT2D eigenvalue weighted by Gasteiger charge is -2.07. The number of carboxylic acids is 3. The van der Waals surface area contributed by atoms with E-state index in [0.29, 0.717) is 0 Å². The second kappa shape index (κ2) is 12.9. The van der Waals surface area contributed by atoms with Crippen LogP contribution in [0.5, 0.6) is 0 Å². The van der Waals surface area contributed by atoms with E-state index in [1.54, 1.807) is 20.0 Å². The lowest BCUT2D eigenvalue weighted by molar-refractivity contribution is -0.140. The second-order valence-electron chi connectivity index (χ2n) is 5.46. The number of aromatic nitrogens is 2. The van der Waals surface area contributed by atoms with Crippen LogP contribution in [0.3, 0.4) is 0 Å². The predicted octanol–water partition coefficient (Wildman–Crippen LogP) is -1.16. The number of nitrogens with two attached hydrogens (primary N) is 3. The fraction of sp³-hybridized carbons (Fsp3) is 0.571. The van der Waals surface area contributed by atoms with Crippen LogP contribution in [-0.4, -0.2) is 61.3 Å². The van der Waals surface area contributed by atoms with Crippen LogP contribution in [0.1, 0.15) is 26.5 Å². The highest BCUT2D eigenvalue weighted by Gasteiger charge is 2.14. The summed E-state index contributed by atoms with van der Waals surface area (Å²) < 4.78 is 0. The number of hydrogen-bond donors (Lipinski definition) is 7. The Morgan fingerprint density at radius 3 is 1.72 bits per heavy atom. The molecule has 11 heteroatoms. The van der Waals surface area contributed by atoms with Crippen molar-refractivity contribution in [1.29, 1.82) is 0 Å². The number of hydrogen-bond acceptors (Lipinski definition) is 7. The van der Waals surface area contributed by atoms with Crippen molar-refractivity contribution in [3.63, 3.8) is 0 Å². The van der Waals surface area contributed by atoms with Gasteiger partial charge in [0.05, 0.1) is 6.33 Å². The van der Waals surface area contributed by atoms with Gasteiger partial charge >= 0.3 is 17.9 Å². The van der Waals surface area contributed by atoms with Crippen molar-refractivity contribution in [2.45, 2.75) is 45.3 Å². The molecule has 0 spiro atoms. The van der Waals surface area contributed by atoms with Gasteiger partial charge in [0.2, 0.25) is 0 Å². The molecule has 10 N–H and O–H groups in total. The van der Waals surface area contributed by atoms with Gasteiger partial charge in [-0.1, -0.05) is 13.8 Å². The monoisotopic (exact) mass is 361 g/mol. The molecule has 11 nitrogen and oxygen atoms in total. The van der Waals surface area contributed by atoms with Gasteiger partial charge in [-0.05, 0) is 12.8 Å². The Bertz CT molecular complexity index is 518. The average molecular weight is 361 g/mol. The maximum absolute atomic E-state index is 10.3. The Kier molecular flexibility index (Phi) is 12.7. The molecule has 0 radical (unpaired) electrons. The molecular formula is C14H27N5O6. The molecular weight excluding hydrogens is 334 g/mol. The molecule has 144 valence electrons. The minimum absolute atomic E-state index is 0.0208. The van der Waals surface area contributed by atoms with Crippen molar-refractivity contribution < 1.29 is 29.7 Å². The minimum Gasteiger partial charge on any atom is -0.480 e. The summed E-state index contributed by atoms with van der Waals surface area (Å²) >= 11 is 0. The number of aliphatic carboxylic acids is 3. The van der Waals surface area contributed by atoms with Gasteiger partial charge < -0.3 is 37.5 Å². The van der Waals surface area contributed by atoms with Crippen molar-refractivity contribution in [3.05, 3.63) is 18.2 Å². The van der Waals surface area contributed by atoms with E-state index in [-0.39, 0.29) is 12.3 Å².